The van der Waals surface area contributed by atoms with Crippen molar-refractivity contribution in [2.75, 3.05) is 12.4 Å². The van der Waals surface area contributed by atoms with E-state index in [1.54, 1.807) is 24.5 Å². The standard InChI is InChI=1S/C15H12FN7O/c1-17-15(24)21-14-20-12(9-3-2-5-18-7-9)13(22-23-14)10-4-6-19-8-11(10)16/h2-8H,1H3,(H2,17,20,21,23,24). The van der Waals surface area contributed by atoms with Crippen LogP contribution in [0.25, 0.3) is 22.5 Å². The Hall–Kier alpha value is -3.49. The lowest BCUT2D eigenvalue weighted by Crippen LogP contribution is -2.26. The smallest absolute Gasteiger partial charge is 0.321 e. The molecule has 0 atom stereocenters. The molecule has 0 bridgehead atoms. The van der Waals surface area contributed by atoms with Crippen LogP contribution in [0.5, 0.6) is 0 Å². The van der Waals surface area contributed by atoms with E-state index >= 15 is 0 Å². The summed E-state index contributed by atoms with van der Waals surface area (Å²) in [6.45, 7) is 0. The Bertz CT molecular complexity index is 873. The van der Waals surface area contributed by atoms with Crippen molar-refractivity contribution in [2.45, 2.75) is 0 Å². The normalized spacial score (nSPS) is 10.2. The van der Waals surface area contributed by atoms with Crippen LogP contribution in [0.1, 0.15) is 0 Å². The molecule has 0 unspecified atom stereocenters. The first-order valence-electron chi connectivity index (χ1n) is 6.93. The summed E-state index contributed by atoms with van der Waals surface area (Å²) in [6.07, 6.45) is 5.70. The molecule has 0 fully saturated rings. The molecule has 0 saturated heterocycles. The van der Waals surface area contributed by atoms with Crippen molar-refractivity contribution in [2.24, 2.45) is 0 Å². The second-order valence-corrected chi connectivity index (χ2v) is 4.63. The second-order valence-electron chi connectivity index (χ2n) is 4.63. The number of halogens is 1. The van der Waals surface area contributed by atoms with E-state index in [1.165, 1.54) is 19.3 Å². The minimum absolute atomic E-state index is 0.00795. The topological polar surface area (TPSA) is 106 Å². The zero-order valence-corrected chi connectivity index (χ0v) is 12.6. The quantitative estimate of drug-likeness (QED) is 0.762. The van der Waals surface area contributed by atoms with Gasteiger partial charge in [0.25, 0.3) is 5.95 Å². The van der Waals surface area contributed by atoms with Crippen molar-refractivity contribution in [1.29, 1.82) is 0 Å². The highest BCUT2D eigenvalue weighted by atomic mass is 19.1. The van der Waals surface area contributed by atoms with Gasteiger partial charge >= 0.3 is 6.03 Å². The van der Waals surface area contributed by atoms with Crippen LogP contribution in [0, 0.1) is 5.82 Å². The van der Waals surface area contributed by atoms with Gasteiger partial charge in [0.1, 0.15) is 11.4 Å². The van der Waals surface area contributed by atoms with E-state index in [0.717, 1.165) is 6.20 Å². The monoisotopic (exact) mass is 325 g/mol. The van der Waals surface area contributed by atoms with Crippen molar-refractivity contribution in [3.8, 4) is 22.5 Å². The molecule has 3 aromatic rings. The van der Waals surface area contributed by atoms with Crippen LogP contribution in [-0.2, 0) is 0 Å². The lowest BCUT2D eigenvalue weighted by atomic mass is 10.1. The van der Waals surface area contributed by atoms with Gasteiger partial charge in [-0.2, -0.15) is 0 Å². The number of pyridine rings is 2. The number of nitrogens with one attached hydrogen (secondary N) is 2. The van der Waals surface area contributed by atoms with Gasteiger partial charge in [0.15, 0.2) is 5.82 Å². The molecule has 3 aromatic heterocycles. The third-order valence-corrected chi connectivity index (χ3v) is 3.10. The Morgan fingerprint density at radius 3 is 2.62 bits per heavy atom. The van der Waals surface area contributed by atoms with Gasteiger partial charge < -0.3 is 5.32 Å². The lowest BCUT2D eigenvalue weighted by Gasteiger charge is -2.10. The molecule has 0 aliphatic heterocycles. The van der Waals surface area contributed by atoms with E-state index < -0.39 is 11.8 Å². The van der Waals surface area contributed by atoms with E-state index in [-0.39, 0.29) is 17.2 Å². The average molecular weight is 325 g/mol. The van der Waals surface area contributed by atoms with Crippen LogP contribution in [0.3, 0.4) is 0 Å². The number of anilines is 1. The third kappa shape index (κ3) is 3.14. The fourth-order valence-electron chi connectivity index (χ4n) is 2.00. The van der Waals surface area contributed by atoms with Gasteiger partial charge in [-0.1, -0.05) is 0 Å². The number of hydrogen-bond acceptors (Lipinski definition) is 6. The molecule has 3 rings (SSSR count). The van der Waals surface area contributed by atoms with Gasteiger partial charge in [0, 0.05) is 36.8 Å². The highest BCUT2D eigenvalue weighted by Gasteiger charge is 2.17. The van der Waals surface area contributed by atoms with E-state index in [9.17, 15) is 9.18 Å². The van der Waals surface area contributed by atoms with Crippen LogP contribution >= 0.6 is 0 Å². The third-order valence-electron chi connectivity index (χ3n) is 3.10. The Morgan fingerprint density at radius 2 is 1.92 bits per heavy atom. The molecular weight excluding hydrogens is 313 g/mol. The van der Waals surface area contributed by atoms with Crippen LogP contribution < -0.4 is 10.6 Å². The molecule has 0 radical (unpaired) electrons. The fraction of sp³-hybridized carbons (Fsp3) is 0.0667. The van der Waals surface area contributed by atoms with Gasteiger partial charge in [0.05, 0.1) is 6.20 Å². The largest absolute Gasteiger partial charge is 0.341 e. The number of aromatic nitrogens is 5. The maximum Gasteiger partial charge on any atom is 0.321 e. The van der Waals surface area contributed by atoms with Crippen LogP contribution in [0.15, 0.2) is 43.0 Å². The van der Waals surface area contributed by atoms with Gasteiger partial charge in [0.2, 0.25) is 0 Å². The Balaban J connectivity index is 2.15. The summed E-state index contributed by atoms with van der Waals surface area (Å²) in [5.41, 5.74) is 1.38. The van der Waals surface area contributed by atoms with Gasteiger partial charge in [-0.05, 0) is 18.2 Å². The predicted octanol–water partition coefficient (Wildman–Crippen LogP) is 1.89. The molecule has 8 nitrogen and oxygen atoms in total. The van der Waals surface area contributed by atoms with Gasteiger partial charge in [-0.3, -0.25) is 15.3 Å². The summed E-state index contributed by atoms with van der Waals surface area (Å²) in [7, 11) is 1.46. The van der Waals surface area contributed by atoms with E-state index in [2.05, 4.69) is 35.8 Å². The Labute approximate surface area is 136 Å². The zero-order chi connectivity index (χ0) is 16.9. The Morgan fingerprint density at radius 1 is 1.08 bits per heavy atom. The van der Waals surface area contributed by atoms with Crippen molar-refractivity contribution in [3.05, 3.63) is 48.8 Å². The van der Waals surface area contributed by atoms with Gasteiger partial charge in [-0.25, -0.2) is 14.2 Å². The molecular formula is C15H12FN7O. The lowest BCUT2D eigenvalue weighted by molar-refractivity contribution is 0.253. The molecule has 0 aliphatic carbocycles. The zero-order valence-electron chi connectivity index (χ0n) is 12.6. The van der Waals surface area contributed by atoms with E-state index in [1.807, 2.05) is 0 Å². The predicted molar refractivity (Wildman–Crippen MR) is 84.3 cm³/mol. The number of hydrogen-bond donors (Lipinski definition) is 2. The van der Waals surface area contributed by atoms with Crippen LogP contribution in [-0.4, -0.2) is 38.2 Å². The number of nitrogens with zero attached hydrogens (tertiary/aromatic N) is 5. The highest BCUT2D eigenvalue weighted by molar-refractivity contribution is 5.87. The molecule has 0 saturated carbocycles. The summed E-state index contributed by atoms with van der Waals surface area (Å²) in [6, 6.07) is 4.46. The highest BCUT2D eigenvalue weighted by Crippen LogP contribution is 2.29. The molecule has 9 heteroatoms. The molecule has 0 aliphatic rings. The molecule has 3 heterocycles. The molecule has 0 spiro atoms. The van der Waals surface area contributed by atoms with E-state index in [0.29, 0.717) is 11.3 Å². The molecule has 2 amide bonds. The fourth-order valence-corrected chi connectivity index (χ4v) is 2.00. The number of urea groups is 1. The number of rotatable bonds is 3. The first kappa shape index (κ1) is 15.4. The maximum absolute atomic E-state index is 14.1. The van der Waals surface area contributed by atoms with Crippen LogP contribution in [0.2, 0.25) is 0 Å². The van der Waals surface area contributed by atoms with E-state index in [4.69, 9.17) is 0 Å². The first-order valence-corrected chi connectivity index (χ1v) is 6.93. The van der Waals surface area contributed by atoms with Crippen LogP contribution in [0.4, 0.5) is 15.1 Å². The SMILES string of the molecule is CNC(=O)Nc1nnc(-c2ccncc2F)c(-c2cccnc2)n1. The summed E-state index contributed by atoms with van der Waals surface area (Å²) in [5, 5.41) is 12.7. The molecule has 2 N–H and O–H groups in total. The van der Waals surface area contributed by atoms with Crippen molar-refractivity contribution < 1.29 is 9.18 Å². The number of carbonyl (C=O) groups is 1. The van der Waals surface area contributed by atoms with Gasteiger partial charge in [-0.15, -0.1) is 10.2 Å². The van der Waals surface area contributed by atoms with Crippen molar-refractivity contribution in [3.63, 3.8) is 0 Å². The number of carbonyl (C=O) groups excluding carboxylic acids is 1. The summed E-state index contributed by atoms with van der Waals surface area (Å²) < 4.78 is 14.1. The van der Waals surface area contributed by atoms with Crippen molar-refractivity contribution in [1.82, 2.24) is 30.5 Å². The first-order chi connectivity index (χ1) is 11.7. The number of amides is 2. The molecule has 120 valence electrons. The maximum atomic E-state index is 14.1. The Kier molecular flexibility index (Phi) is 4.32. The summed E-state index contributed by atoms with van der Waals surface area (Å²) in [5.74, 6) is -0.558. The average Bonchev–Trinajstić information content (AvgIpc) is 2.63. The second kappa shape index (κ2) is 6.73. The van der Waals surface area contributed by atoms with Crippen molar-refractivity contribution >= 4 is 12.0 Å². The summed E-state index contributed by atoms with van der Waals surface area (Å²) in [4.78, 5) is 23.5. The molecule has 0 aromatic carbocycles. The molecule has 24 heavy (non-hydrogen) atoms. The minimum Gasteiger partial charge on any atom is -0.341 e. The summed E-state index contributed by atoms with van der Waals surface area (Å²) >= 11 is 0. The minimum atomic E-state index is -0.550.